The Labute approximate surface area is 265 Å². The average Bonchev–Trinajstić information content (AvgIpc) is 3.50. The summed E-state index contributed by atoms with van der Waals surface area (Å²) < 4.78 is 65.2. The van der Waals surface area contributed by atoms with E-state index in [1.807, 2.05) is 13.8 Å². The van der Waals surface area contributed by atoms with Crippen LogP contribution in [0.1, 0.15) is 43.7 Å². The van der Waals surface area contributed by atoms with E-state index in [9.17, 15) is 38.7 Å². The third-order valence-corrected chi connectivity index (χ3v) is 10.6. The van der Waals surface area contributed by atoms with Crippen molar-refractivity contribution >= 4 is 46.0 Å². The molecule has 0 radical (unpaired) electrons. The zero-order chi connectivity index (χ0) is 34.9. The molecule has 260 valence electrons. The molecule has 2 unspecified atom stereocenters. The molecule has 1 aliphatic heterocycles. The van der Waals surface area contributed by atoms with E-state index in [1.54, 1.807) is 18.3 Å². The summed E-state index contributed by atoms with van der Waals surface area (Å²) in [5, 5.41) is 22.8. The third kappa shape index (κ3) is 9.18. The van der Waals surface area contributed by atoms with E-state index in [1.165, 1.54) is 24.1 Å². The van der Waals surface area contributed by atoms with Gasteiger partial charge >= 0.3 is 23.5 Å². The molecular formula is C23H32N5O16P3. The van der Waals surface area contributed by atoms with Crippen molar-refractivity contribution in [3.63, 3.8) is 0 Å². The van der Waals surface area contributed by atoms with Crippen molar-refractivity contribution in [2.45, 2.75) is 51.4 Å². The maximum atomic E-state index is 12.1. The second-order valence-corrected chi connectivity index (χ2v) is 14.9. The van der Waals surface area contributed by atoms with Gasteiger partial charge in [0.25, 0.3) is 5.69 Å². The molecule has 3 aromatic rings. The highest BCUT2D eigenvalue weighted by atomic mass is 31.3. The minimum atomic E-state index is -5.74. The van der Waals surface area contributed by atoms with Gasteiger partial charge in [0.05, 0.1) is 54.5 Å². The summed E-state index contributed by atoms with van der Waals surface area (Å²) >= 11 is 0. The molecule has 24 heteroatoms. The smallest absolute Gasteiger partial charge is 0.490 e. The Kier molecular flexibility index (Phi) is 11.3. The Morgan fingerprint density at radius 1 is 1.15 bits per heavy atom. The molecule has 21 nitrogen and oxygen atoms in total. The number of anilines is 1. The number of phosphoric ester groups is 1. The number of phosphoric acid groups is 3. The van der Waals surface area contributed by atoms with Gasteiger partial charge in [0.2, 0.25) is 0 Å². The van der Waals surface area contributed by atoms with Crippen LogP contribution in [-0.4, -0.2) is 70.1 Å². The zero-order valence-electron chi connectivity index (χ0n) is 24.8. The van der Waals surface area contributed by atoms with Crippen molar-refractivity contribution in [3.05, 3.63) is 52.0 Å². The van der Waals surface area contributed by atoms with Crippen LogP contribution < -0.4 is 10.5 Å². The fourth-order valence-electron chi connectivity index (χ4n) is 4.89. The number of aromatic nitrogens is 3. The minimum Gasteiger partial charge on any atom is -0.497 e. The summed E-state index contributed by atoms with van der Waals surface area (Å²) in [5.41, 5.74) is 7.03. The van der Waals surface area contributed by atoms with Crippen molar-refractivity contribution in [3.8, 4) is 5.75 Å². The molecule has 2 aromatic heterocycles. The summed E-state index contributed by atoms with van der Waals surface area (Å²) in [4.78, 5) is 56.0. The number of hydrogen-bond acceptors (Lipinski definition) is 15. The molecular weight excluding hydrogens is 695 g/mol. The normalized spacial score (nSPS) is 21.9. The monoisotopic (exact) mass is 727 g/mol. The predicted octanol–water partition coefficient (Wildman–Crippen LogP) is 2.84. The first-order valence-electron chi connectivity index (χ1n) is 13.5. The number of fused-ring (bicyclic) bond motifs is 1. The highest BCUT2D eigenvalue weighted by Gasteiger charge is 2.43. The van der Waals surface area contributed by atoms with Crippen molar-refractivity contribution in [1.82, 2.24) is 14.5 Å². The van der Waals surface area contributed by atoms with Gasteiger partial charge < -0.3 is 49.2 Å². The number of benzene rings is 1. The quantitative estimate of drug-likeness (QED) is 0.0744. The largest absolute Gasteiger partial charge is 0.497 e. The van der Waals surface area contributed by atoms with Crippen LogP contribution >= 0.6 is 23.5 Å². The van der Waals surface area contributed by atoms with Crippen LogP contribution in [0.25, 0.3) is 11.0 Å². The first-order chi connectivity index (χ1) is 21.8. The van der Waals surface area contributed by atoms with E-state index >= 15 is 0 Å². The molecule has 1 aliphatic rings. The first kappa shape index (κ1) is 37.0. The highest BCUT2D eigenvalue weighted by Crippen LogP contribution is 2.66. The van der Waals surface area contributed by atoms with Crippen molar-refractivity contribution < 1.29 is 70.7 Å². The van der Waals surface area contributed by atoms with Crippen LogP contribution in [-0.2, 0) is 42.9 Å². The molecule has 3 heterocycles. The number of nitro benzene ring substituents is 1. The molecule has 4 rings (SSSR count). The second kappa shape index (κ2) is 14.3. The molecule has 1 aromatic carbocycles. The average molecular weight is 727 g/mol. The minimum absolute atomic E-state index is 0.0756. The maximum Gasteiger partial charge on any atom is 0.490 e. The lowest BCUT2D eigenvalue weighted by atomic mass is 9.97. The molecule has 1 saturated heterocycles. The summed E-state index contributed by atoms with van der Waals surface area (Å²) in [6.07, 6.45) is -1.67. The predicted molar refractivity (Wildman–Crippen MR) is 158 cm³/mol. The number of nitro groups is 1. The zero-order valence-corrected chi connectivity index (χ0v) is 27.5. The number of methoxy groups -OCH3 is 1. The summed E-state index contributed by atoms with van der Waals surface area (Å²) in [7, 11) is -15.4. The van der Waals surface area contributed by atoms with E-state index < -0.39 is 59.5 Å². The van der Waals surface area contributed by atoms with Crippen LogP contribution in [0.5, 0.6) is 5.75 Å². The van der Waals surface area contributed by atoms with E-state index in [2.05, 4.69) is 23.1 Å². The van der Waals surface area contributed by atoms with Crippen molar-refractivity contribution in [1.29, 1.82) is 0 Å². The maximum absolute atomic E-state index is 12.1. The second-order valence-electron chi connectivity index (χ2n) is 10.5. The Morgan fingerprint density at radius 3 is 2.47 bits per heavy atom. The lowest BCUT2D eigenvalue weighted by molar-refractivity contribution is -0.386. The van der Waals surface area contributed by atoms with Crippen LogP contribution in [0.2, 0.25) is 0 Å². The fourth-order valence-corrected chi connectivity index (χ4v) is 7.92. The van der Waals surface area contributed by atoms with Crippen molar-refractivity contribution in [2.75, 3.05) is 19.5 Å². The number of ether oxygens (including phenoxy) is 3. The standard InChI is InChI=1S/C23H32N5O16P3/c1-12(2)21(15-5-4-14(39-3)6-16(15)28(30)31)40-9-13-8-27(23-20(13)22(24)25-11-26-23)19-7-17(29)18(42-19)10-41-46(35,36)44-47(37,38)43-45(32,33)34/h4-6,8,11-12,17-19,21,29H,7,9-10H2,1-3H3,(H,35,36)(H,37,38)(H2,24,25,26)(H2,32,33,34)/t17-,18+,19+,21-/m0/s1. The summed E-state index contributed by atoms with van der Waals surface area (Å²) in [6.45, 7) is 2.67. The van der Waals surface area contributed by atoms with Crippen LogP contribution in [0, 0.1) is 16.0 Å². The van der Waals surface area contributed by atoms with E-state index in [-0.39, 0.29) is 36.1 Å². The molecule has 0 aliphatic carbocycles. The van der Waals surface area contributed by atoms with Crippen molar-refractivity contribution in [2.24, 2.45) is 5.92 Å². The molecule has 7 N–H and O–H groups in total. The molecule has 0 bridgehead atoms. The summed E-state index contributed by atoms with van der Waals surface area (Å²) in [6, 6.07) is 4.44. The number of rotatable bonds is 15. The molecule has 0 amide bonds. The van der Waals surface area contributed by atoms with Gasteiger partial charge in [-0.15, -0.1) is 0 Å². The van der Waals surface area contributed by atoms with E-state index in [0.29, 0.717) is 22.3 Å². The Bertz CT molecular complexity index is 1770. The number of aliphatic hydroxyl groups excluding tert-OH is 1. The molecule has 6 atom stereocenters. The van der Waals surface area contributed by atoms with Gasteiger partial charge in [-0.1, -0.05) is 13.8 Å². The van der Waals surface area contributed by atoms with E-state index in [0.717, 1.165) is 0 Å². The first-order valence-corrected chi connectivity index (χ1v) is 18.0. The number of aliphatic hydroxyl groups is 1. The third-order valence-electron chi connectivity index (χ3n) is 6.81. The lowest BCUT2D eigenvalue weighted by Gasteiger charge is -2.22. The molecule has 1 fully saturated rings. The Morgan fingerprint density at radius 2 is 1.85 bits per heavy atom. The molecule has 0 saturated carbocycles. The number of nitrogens with zero attached hydrogens (tertiary/aromatic N) is 4. The van der Waals surface area contributed by atoms with Gasteiger partial charge in [0.1, 0.15) is 35.9 Å². The SMILES string of the molecule is COc1ccc([C@@H](OCc2cn([C@H]3C[C@H](O)[C@@H](COP(=O)(O)OP(=O)(O)OP(=O)(O)O)O3)c3ncnc(N)c23)C(C)C)c([N+](=O)[O-])c1. The van der Waals surface area contributed by atoms with Crippen LogP contribution in [0.4, 0.5) is 11.5 Å². The summed E-state index contributed by atoms with van der Waals surface area (Å²) in [5.74, 6) is 0.161. The topological polar surface area (TPSA) is 308 Å². The lowest BCUT2D eigenvalue weighted by Crippen LogP contribution is -2.26. The molecule has 0 spiro atoms. The Hall–Kier alpha value is -2.87. The number of hydrogen-bond donors (Lipinski definition) is 6. The Balaban J connectivity index is 1.54. The van der Waals surface area contributed by atoms with Gasteiger partial charge in [0.15, 0.2) is 0 Å². The number of nitrogens with two attached hydrogens (primary N) is 1. The van der Waals surface area contributed by atoms with Crippen LogP contribution in [0.3, 0.4) is 0 Å². The van der Waals surface area contributed by atoms with Gasteiger partial charge in [-0.2, -0.15) is 8.62 Å². The van der Waals surface area contributed by atoms with Gasteiger partial charge in [0, 0.05) is 18.2 Å². The fraction of sp³-hybridized carbons (Fsp3) is 0.478. The van der Waals surface area contributed by atoms with E-state index in [4.69, 9.17) is 29.7 Å². The molecule has 47 heavy (non-hydrogen) atoms. The number of nitrogen functional groups attached to an aromatic ring is 1. The van der Waals surface area contributed by atoms with Crippen LogP contribution in [0.15, 0.2) is 30.7 Å². The van der Waals surface area contributed by atoms with Gasteiger partial charge in [-0.3, -0.25) is 14.6 Å². The van der Waals surface area contributed by atoms with Gasteiger partial charge in [-0.25, -0.2) is 23.7 Å². The highest BCUT2D eigenvalue weighted by molar-refractivity contribution is 7.66. The van der Waals surface area contributed by atoms with Gasteiger partial charge in [-0.05, 0) is 18.1 Å².